The molecule has 7 nitrogen and oxygen atoms in total. The van der Waals surface area contributed by atoms with Crippen LogP contribution in [0, 0.1) is 0 Å². The van der Waals surface area contributed by atoms with Crippen molar-refractivity contribution in [2.24, 2.45) is 0 Å². The quantitative estimate of drug-likeness (QED) is 0.605. The summed E-state index contributed by atoms with van der Waals surface area (Å²) in [7, 11) is 3.30. The van der Waals surface area contributed by atoms with Crippen LogP contribution in [-0.4, -0.2) is 54.4 Å². The van der Waals surface area contributed by atoms with Crippen LogP contribution in [0.15, 0.2) is 60.8 Å². The maximum atomic E-state index is 12.8. The number of carbonyl (C=O) groups excluding carboxylic acids is 1. The first-order valence-corrected chi connectivity index (χ1v) is 10.5. The second-order valence-electron chi connectivity index (χ2n) is 7.59. The molecule has 0 aliphatic carbocycles. The molecule has 1 amide bonds. The topological polar surface area (TPSA) is 68.6 Å². The van der Waals surface area contributed by atoms with Crippen molar-refractivity contribution >= 4 is 5.91 Å². The average Bonchev–Trinajstić information content (AvgIpc) is 3.52. The van der Waals surface area contributed by atoms with Crippen LogP contribution in [0.1, 0.15) is 34.9 Å². The van der Waals surface area contributed by atoms with E-state index in [0.29, 0.717) is 12.2 Å². The van der Waals surface area contributed by atoms with Gasteiger partial charge in [-0.25, -0.2) is 4.68 Å². The smallest absolute Gasteiger partial charge is 0.271 e. The van der Waals surface area contributed by atoms with E-state index in [9.17, 15) is 4.79 Å². The van der Waals surface area contributed by atoms with Crippen LogP contribution >= 0.6 is 0 Å². The van der Waals surface area contributed by atoms with Crippen LogP contribution in [0.5, 0.6) is 11.5 Å². The van der Waals surface area contributed by atoms with E-state index in [1.54, 1.807) is 31.2 Å². The van der Waals surface area contributed by atoms with E-state index in [2.05, 4.69) is 27.4 Å². The molecule has 0 spiro atoms. The SMILES string of the molecule is COc1ccc(C(CNC(=O)c2ccn(-c3ccc(OC)cc3)n2)N2CCCC2)cc1. The van der Waals surface area contributed by atoms with E-state index in [-0.39, 0.29) is 11.9 Å². The first-order chi connectivity index (χ1) is 15.2. The van der Waals surface area contributed by atoms with Crippen molar-refractivity contribution in [3.05, 3.63) is 72.1 Å². The molecule has 1 aliphatic rings. The second kappa shape index (κ2) is 9.66. The Labute approximate surface area is 182 Å². The normalized spacial score (nSPS) is 14.9. The van der Waals surface area contributed by atoms with E-state index in [1.165, 1.54) is 18.4 Å². The van der Waals surface area contributed by atoms with Gasteiger partial charge in [-0.3, -0.25) is 9.69 Å². The Kier molecular flexibility index (Phi) is 6.52. The van der Waals surface area contributed by atoms with E-state index >= 15 is 0 Å². The number of amides is 1. The van der Waals surface area contributed by atoms with Crippen LogP contribution in [0.3, 0.4) is 0 Å². The molecule has 1 aromatic heterocycles. The van der Waals surface area contributed by atoms with Crippen molar-refractivity contribution < 1.29 is 14.3 Å². The minimum Gasteiger partial charge on any atom is -0.497 e. The largest absolute Gasteiger partial charge is 0.497 e. The highest BCUT2D eigenvalue weighted by Gasteiger charge is 2.24. The summed E-state index contributed by atoms with van der Waals surface area (Å²) in [6.45, 7) is 2.61. The predicted molar refractivity (Wildman–Crippen MR) is 119 cm³/mol. The Morgan fingerprint density at radius 1 is 0.968 bits per heavy atom. The summed E-state index contributed by atoms with van der Waals surface area (Å²) in [6.07, 6.45) is 4.16. The molecule has 1 saturated heterocycles. The Balaban J connectivity index is 1.44. The third-order valence-corrected chi connectivity index (χ3v) is 5.70. The van der Waals surface area contributed by atoms with Gasteiger partial charge in [-0.15, -0.1) is 0 Å². The number of methoxy groups -OCH3 is 2. The number of ether oxygens (including phenoxy) is 2. The minimum absolute atomic E-state index is 0.126. The summed E-state index contributed by atoms with van der Waals surface area (Å²) in [5, 5.41) is 7.52. The van der Waals surface area contributed by atoms with E-state index in [0.717, 1.165) is 30.3 Å². The van der Waals surface area contributed by atoms with Crippen molar-refractivity contribution in [1.82, 2.24) is 20.0 Å². The monoisotopic (exact) mass is 420 g/mol. The summed E-state index contributed by atoms with van der Waals surface area (Å²) in [5.41, 5.74) is 2.44. The van der Waals surface area contributed by atoms with Crippen LogP contribution < -0.4 is 14.8 Å². The molecular weight excluding hydrogens is 392 g/mol. The Morgan fingerprint density at radius 2 is 1.58 bits per heavy atom. The van der Waals surface area contributed by atoms with Crippen molar-refractivity contribution in [3.63, 3.8) is 0 Å². The highest BCUT2D eigenvalue weighted by molar-refractivity contribution is 5.92. The standard InChI is InChI=1S/C24H28N4O3/c1-30-20-9-5-18(6-10-20)23(27-14-3-4-15-27)17-25-24(29)22-13-16-28(26-22)19-7-11-21(31-2)12-8-19/h5-13,16,23H,3-4,14-15,17H2,1-2H3,(H,25,29). The molecule has 2 heterocycles. The average molecular weight is 421 g/mol. The third kappa shape index (κ3) is 4.88. The van der Waals surface area contributed by atoms with Gasteiger partial charge in [0.05, 0.1) is 25.9 Å². The van der Waals surface area contributed by atoms with Crippen molar-refractivity contribution in [2.45, 2.75) is 18.9 Å². The number of benzene rings is 2. The number of likely N-dealkylation sites (tertiary alicyclic amines) is 1. The van der Waals surface area contributed by atoms with E-state index < -0.39 is 0 Å². The number of hydrogen-bond acceptors (Lipinski definition) is 5. The zero-order chi connectivity index (χ0) is 21.6. The predicted octanol–water partition coefficient (Wildman–Crippen LogP) is 3.46. The first-order valence-electron chi connectivity index (χ1n) is 10.5. The highest BCUT2D eigenvalue weighted by Crippen LogP contribution is 2.26. The zero-order valence-electron chi connectivity index (χ0n) is 18.0. The van der Waals surface area contributed by atoms with Crippen LogP contribution in [0.4, 0.5) is 0 Å². The number of nitrogens with one attached hydrogen (secondary N) is 1. The molecule has 3 aromatic rings. The molecule has 1 atom stereocenters. The third-order valence-electron chi connectivity index (χ3n) is 5.70. The molecule has 0 bridgehead atoms. The molecule has 1 fully saturated rings. The lowest BCUT2D eigenvalue weighted by Gasteiger charge is -2.28. The molecule has 31 heavy (non-hydrogen) atoms. The molecule has 7 heteroatoms. The van der Waals surface area contributed by atoms with Gasteiger partial charge >= 0.3 is 0 Å². The van der Waals surface area contributed by atoms with Crippen molar-refractivity contribution in [2.75, 3.05) is 33.9 Å². The lowest BCUT2D eigenvalue weighted by molar-refractivity contribution is 0.0932. The van der Waals surface area contributed by atoms with E-state index in [4.69, 9.17) is 9.47 Å². The molecular formula is C24H28N4O3. The number of hydrogen-bond donors (Lipinski definition) is 1. The lowest BCUT2D eigenvalue weighted by atomic mass is 10.1. The number of rotatable bonds is 8. The maximum Gasteiger partial charge on any atom is 0.271 e. The Bertz CT molecular complexity index is 992. The van der Waals surface area contributed by atoms with Crippen LogP contribution in [-0.2, 0) is 0 Å². The lowest BCUT2D eigenvalue weighted by Crippen LogP contribution is -2.37. The highest BCUT2D eigenvalue weighted by atomic mass is 16.5. The second-order valence-corrected chi connectivity index (χ2v) is 7.59. The summed E-state index contributed by atoms with van der Waals surface area (Å²) < 4.78 is 12.2. The van der Waals surface area contributed by atoms with Gasteiger partial charge in [0.1, 0.15) is 11.5 Å². The fraction of sp³-hybridized carbons (Fsp3) is 0.333. The van der Waals surface area contributed by atoms with E-state index in [1.807, 2.05) is 36.4 Å². The molecule has 0 radical (unpaired) electrons. The maximum absolute atomic E-state index is 12.8. The molecule has 2 aromatic carbocycles. The molecule has 1 aliphatic heterocycles. The number of nitrogens with zero attached hydrogens (tertiary/aromatic N) is 3. The molecule has 0 saturated carbocycles. The van der Waals surface area contributed by atoms with Gasteiger partial charge < -0.3 is 14.8 Å². The number of carbonyl (C=O) groups is 1. The van der Waals surface area contributed by atoms with Crippen LogP contribution in [0.25, 0.3) is 5.69 Å². The summed E-state index contributed by atoms with van der Waals surface area (Å²) in [4.78, 5) is 15.2. The Morgan fingerprint density at radius 3 is 2.19 bits per heavy atom. The molecule has 1 unspecified atom stereocenters. The van der Waals surface area contributed by atoms with Gasteiger partial charge in [-0.05, 0) is 74.0 Å². The number of aromatic nitrogens is 2. The summed E-state index contributed by atoms with van der Waals surface area (Å²) in [5.74, 6) is 1.43. The minimum atomic E-state index is -0.176. The summed E-state index contributed by atoms with van der Waals surface area (Å²) in [6, 6.07) is 17.5. The van der Waals surface area contributed by atoms with Gasteiger partial charge in [0.2, 0.25) is 0 Å². The van der Waals surface area contributed by atoms with Crippen LogP contribution in [0.2, 0.25) is 0 Å². The fourth-order valence-corrected chi connectivity index (χ4v) is 3.94. The van der Waals surface area contributed by atoms with Gasteiger partial charge in [0.25, 0.3) is 5.91 Å². The Hall–Kier alpha value is -3.32. The first kappa shape index (κ1) is 20.9. The zero-order valence-corrected chi connectivity index (χ0v) is 18.0. The van der Waals surface area contributed by atoms with Gasteiger partial charge in [0.15, 0.2) is 5.69 Å². The molecule has 162 valence electrons. The molecule has 4 rings (SSSR count). The van der Waals surface area contributed by atoms with Crippen molar-refractivity contribution in [1.29, 1.82) is 0 Å². The van der Waals surface area contributed by atoms with Crippen molar-refractivity contribution in [3.8, 4) is 17.2 Å². The molecule has 1 N–H and O–H groups in total. The summed E-state index contributed by atoms with van der Waals surface area (Å²) >= 11 is 0. The van der Waals surface area contributed by atoms with Gasteiger partial charge in [0, 0.05) is 12.7 Å². The fourth-order valence-electron chi connectivity index (χ4n) is 3.94. The van der Waals surface area contributed by atoms with Gasteiger partial charge in [-0.2, -0.15) is 5.10 Å². The van der Waals surface area contributed by atoms with Gasteiger partial charge in [-0.1, -0.05) is 12.1 Å².